The summed E-state index contributed by atoms with van der Waals surface area (Å²) in [7, 11) is 0. The summed E-state index contributed by atoms with van der Waals surface area (Å²) in [5, 5.41) is 18.9. The molecule has 0 atom stereocenters. The smallest absolute Gasteiger partial charge is 0.342 e. The van der Waals surface area contributed by atoms with E-state index in [9.17, 15) is 15.0 Å². The standard InChI is InChI=1S/C20H16O4/c21-17-10-11-18(19(22)12-17)20(23)24-13-14-6-8-16(9-7-14)15-4-2-1-3-5-15/h1-12,21-22H,13H2. The first-order valence-electron chi connectivity index (χ1n) is 7.47. The van der Waals surface area contributed by atoms with Crippen LogP contribution >= 0.6 is 0 Å². The molecule has 0 heterocycles. The van der Waals surface area contributed by atoms with E-state index in [1.165, 1.54) is 12.1 Å². The van der Waals surface area contributed by atoms with Crippen molar-refractivity contribution in [1.82, 2.24) is 0 Å². The van der Waals surface area contributed by atoms with Crippen molar-refractivity contribution in [2.75, 3.05) is 0 Å². The Morgan fingerprint density at radius 2 is 1.50 bits per heavy atom. The van der Waals surface area contributed by atoms with E-state index in [1.807, 2.05) is 54.6 Å². The highest BCUT2D eigenvalue weighted by atomic mass is 16.5. The van der Waals surface area contributed by atoms with Gasteiger partial charge in [0.25, 0.3) is 0 Å². The first-order chi connectivity index (χ1) is 11.6. The molecule has 4 nitrogen and oxygen atoms in total. The van der Waals surface area contributed by atoms with Crippen molar-refractivity contribution in [3.05, 3.63) is 83.9 Å². The second kappa shape index (κ2) is 6.87. The van der Waals surface area contributed by atoms with Crippen LogP contribution in [0.25, 0.3) is 11.1 Å². The largest absolute Gasteiger partial charge is 0.508 e. The number of hydrogen-bond donors (Lipinski definition) is 2. The van der Waals surface area contributed by atoms with Crippen LogP contribution < -0.4 is 0 Å². The first kappa shape index (κ1) is 15.6. The van der Waals surface area contributed by atoms with Crippen LogP contribution in [0.2, 0.25) is 0 Å². The third-order valence-electron chi connectivity index (χ3n) is 3.63. The molecular formula is C20H16O4. The van der Waals surface area contributed by atoms with Gasteiger partial charge in [-0.2, -0.15) is 0 Å². The number of ether oxygens (including phenoxy) is 1. The lowest BCUT2D eigenvalue weighted by Crippen LogP contribution is -2.05. The van der Waals surface area contributed by atoms with Crippen molar-refractivity contribution in [3.8, 4) is 22.6 Å². The lowest BCUT2D eigenvalue weighted by atomic mass is 10.0. The van der Waals surface area contributed by atoms with E-state index >= 15 is 0 Å². The molecule has 0 aliphatic carbocycles. The number of carbonyl (C=O) groups excluding carboxylic acids is 1. The van der Waals surface area contributed by atoms with E-state index < -0.39 is 5.97 Å². The van der Waals surface area contributed by atoms with Crippen LogP contribution in [0.5, 0.6) is 11.5 Å². The van der Waals surface area contributed by atoms with Gasteiger partial charge in [-0.25, -0.2) is 4.79 Å². The zero-order valence-electron chi connectivity index (χ0n) is 12.8. The van der Waals surface area contributed by atoms with Crippen LogP contribution in [0.4, 0.5) is 0 Å². The maximum atomic E-state index is 12.0. The molecule has 0 aliphatic heterocycles. The Kier molecular flexibility index (Phi) is 4.47. The number of phenolic OH excluding ortho intramolecular Hbond substituents is 2. The molecule has 0 spiro atoms. The summed E-state index contributed by atoms with van der Waals surface area (Å²) in [5.74, 6) is -1.06. The maximum absolute atomic E-state index is 12.0. The molecule has 0 fully saturated rings. The SMILES string of the molecule is O=C(OCc1ccc(-c2ccccc2)cc1)c1ccc(O)cc1O. The number of esters is 1. The van der Waals surface area contributed by atoms with Crippen LogP contribution in [-0.2, 0) is 11.3 Å². The van der Waals surface area contributed by atoms with Crippen LogP contribution in [0.3, 0.4) is 0 Å². The average Bonchev–Trinajstić information content (AvgIpc) is 2.61. The molecule has 0 saturated carbocycles. The normalized spacial score (nSPS) is 10.3. The van der Waals surface area contributed by atoms with Gasteiger partial charge in [-0.05, 0) is 28.8 Å². The van der Waals surface area contributed by atoms with E-state index in [2.05, 4.69) is 0 Å². The zero-order chi connectivity index (χ0) is 16.9. The molecule has 0 bridgehead atoms. The third-order valence-corrected chi connectivity index (χ3v) is 3.63. The summed E-state index contributed by atoms with van der Waals surface area (Å²) < 4.78 is 5.20. The van der Waals surface area contributed by atoms with Crippen LogP contribution in [0.15, 0.2) is 72.8 Å². The minimum Gasteiger partial charge on any atom is -0.508 e. The Bertz CT molecular complexity index is 839. The molecule has 0 unspecified atom stereocenters. The lowest BCUT2D eigenvalue weighted by molar-refractivity contribution is 0.0469. The highest BCUT2D eigenvalue weighted by Crippen LogP contribution is 2.24. The minimum atomic E-state index is -0.639. The van der Waals surface area contributed by atoms with Gasteiger partial charge in [-0.3, -0.25) is 0 Å². The average molecular weight is 320 g/mol. The Hall–Kier alpha value is -3.27. The monoisotopic (exact) mass is 320 g/mol. The van der Waals surface area contributed by atoms with Gasteiger partial charge in [0.2, 0.25) is 0 Å². The molecule has 3 aromatic carbocycles. The molecule has 120 valence electrons. The summed E-state index contributed by atoms with van der Waals surface area (Å²) in [6.45, 7) is 0.105. The Labute approximate surface area is 139 Å². The van der Waals surface area contributed by atoms with E-state index in [0.717, 1.165) is 22.8 Å². The molecule has 3 aromatic rings. The van der Waals surface area contributed by atoms with Crippen molar-refractivity contribution in [2.24, 2.45) is 0 Å². The van der Waals surface area contributed by atoms with Gasteiger partial charge in [-0.15, -0.1) is 0 Å². The highest BCUT2D eigenvalue weighted by Gasteiger charge is 2.13. The predicted molar refractivity (Wildman–Crippen MR) is 90.8 cm³/mol. The first-order valence-corrected chi connectivity index (χ1v) is 7.47. The van der Waals surface area contributed by atoms with E-state index in [-0.39, 0.29) is 23.7 Å². The van der Waals surface area contributed by atoms with Gasteiger partial charge >= 0.3 is 5.97 Å². The van der Waals surface area contributed by atoms with Crippen molar-refractivity contribution in [2.45, 2.75) is 6.61 Å². The van der Waals surface area contributed by atoms with Crippen LogP contribution in [0, 0.1) is 0 Å². The molecule has 0 aromatic heterocycles. The van der Waals surface area contributed by atoms with Gasteiger partial charge in [0.1, 0.15) is 23.7 Å². The Morgan fingerprint density at radius 3 is 2.17 bits per heavy atom. The van der Waals surface area contributed by atoms with Gasteiger partial charge in [-0.1, -0.05) is 54.6 Å². The van der Waals surface area contributed by atoms with Gasteiger partial charge in [0.05, 0.1) is 0 Å². The van der Waals surface area contributed by atoms with Gasteiger partial charge in [0, 0.05) is 6.07 Å². The number of phenols is 2. The van der Waals surface area contributed by atoms with Crippen LogP contribution in [-0.4, -0.2) is 16.2 Å². The molecule has 0 saturated heterocycles. The number of hydrogen-bond acceptors (Lipinski definition) is 4. The van der Waals surface area contributed by atoms with Crippen molar-refractivity contribution in [1.29, 1.82) is 0 Å². The summed E-state index contributed by atoms with van der Waals surface area (Å²) in [6.07, 6.45) is 0. The van der Waals surface area contributed by atoms with Crippen molar-refractivity contribution >= 4 is 5.97 Å². The third kappa shape index (κ3) is 3.55. The molecule has 0 amide bonds. The molecule has 3 rings (SSSR count). The number of carbonyl (C=O) groups is 1. The summed E-state index contributed by atoms with van der Waals surface area (Å²) in [6, 6.07) is 21.5. The lowest BCUT2D eigenvalue weighted by Gasteiger charge is -2.08. The molecule has 4 heteroatoms. The quantitative estimate of drug-likeness (QED) is 0.710. The highest BCUT2D eigenvalue weighted by molar-refractivity contribution is 5.92. The van der Waals surface area contributed by atoms with E-state index in [0.29, 0.717) is 0 Å². The molecule has 0 aliphatic rings. The summed E-state index contributed by atoms with van der Waals surface area (Å²) in [5.41, 5.74) is 3.08. The molecule has 2 N–H and O–H groups in total. The summed E-state index contributed by atoms with van der Waals surface area (Å²) in [4.78, 5) is 12.0. The Balaban J connectivity index is 1.65. The fourth-order valence-corrected chi connectivity index (χ4v) is 2.34. The number of benzene rings is 3. The Morgan fingerprint density at radius 1 is 0.833 bits per heavy atom. The molecule has 24 heavy (non-hydrogen) atoms. The zero-order valence-corrected chi connectivity index (χ0v) is 12.8. The van der Waals surface area contributed by atoms with Crippen molar-refractivity contribution in [3.63, 3.8) is 0 Å². The molecular weight excluding hydrogens is 304 g/mol. The van der Waals surface area contributed by atoms with Crippen molar-refractivity contribution < 1.29 is 19.7 Å². The van der Waals surface area contributed by atoms with Gasteiger partial charge in [0.15, 0.2) is 0 Å². The topological polar surface area (TPSA) is 66.8 Å². The second-order valence-electron chi connectivity index (χ2n) is 5.34. The second-order valence-corrected chi connectivity index (χ2v) is 5.34. The fraction of sp³-hybridized carbons (Fsp3) is 0.0500. The molecule has 0 radical (unpaired) electrons. The maximum Gasteiger partial charge on any atom is 0.342 e. The predicted octanol–water partition coefficient (Wildman–Crippen LogP) is 4.12. The van der Waals surface area contributed by atoms with E-state index in [1.54, 1.807) is 0 Å². The van der Waals surface area contributed by atoms with E-state index in [4.69, 9.17) is 4.74 Å². The number of aromatic hydroxyl groups is 2. The van der Waals surface area contributed by atoms with Gasteiger partial charge < -0.3 is 14.9 Å². The minimum absolute atomic E-state index is 0.0219. The van der Waals surface area contributed by atoms with Crippen LogP contribution in [0.1, 0.15) is 15.9 Å². The fourth-order valence-electron chi connectivity index (χ4n) is 2.34. The summed E-state index contributed by atoms with van der Waals surface area (Å²) >= 11 is 0. The number of rotatable bonds is 4.